The van der Waals surface area contributed by atoms with Crippen molar-refractivity contribution in [2.75, 3.05) is 13.1 Å². The summed E-state index contributed by atoms with van der Waals surface area (Å²) in [4.78, 5) is 13.8. The molecule has 130 valence electrons. The molecule has 4 rings (SSSR count). The maximum atomic E-state index is 10.4. The van der Waals surface area contributed by atoms with E-state index in [1.807, 2.05) is 12.3 Å². The third-order valence-electron chi connectivity index (χ3n) is 5.01. The fourth-order valence-corrected chi connectivity index (χ4v) is 3.86. The number of aromatic nitrogens is 3. The molecule has 1 fully saturated rings. The van der Waals surface area contributed by atoms with Gasteiger partial charge in [0, 0.05) is 31.4 Å². The third-order valence-corrected chi connectivity index (χ3v) is 5.29. The van der Waals surface area contributed by atoms with Crippen molar-refractivity contribution in [1.29, 1.82) is 0 Å². The molecule has 0 bridgehead atoms. The largest absolute Gasteiger partial charge is 0.391 e. The molecule has 1 saturated heterocycles. The maximum absolute atomic E-state index is 10.4. The third kappa shape index (κ3) is 3.54. The molecule has 6 heteroatoms. The summed E-state index contributed by atoms with van der Waals surface area (Å²) < 4.78 is 0. The second kappa shape index (κ2) is 7.12. The minimum Gasteiger partial charge on any atom is -0.391 e. The number of H-pyrrole nitrogens is 1. The van der Waals surface area contributed by atoms with Gasteiger partial charge in [-0.1, -0.05) is 41.9 Å². The first-order valence-electron chi connectivity index (χ1n) is 8.61. The number of hydrogen-bond donors (Lipinski definition) is 2. The number of aryl methyl sites for hydroxylation is 1. The van der Waals surface area contributed by atoms with Crippen molar-refractivity contribution in [2.45, 2.75) is 25.5 Å². The highest BCUT2D eigenvalue weighted by Gasteiger charge is 2.31. The highest BCUT2D eigenvalue weighted by atomic mass is 35.5. The number of halogens is 1. The van der Waals surface area contributed by atoms with Crippen molar-refractivity contribution >= 4 is 11.6 Å². The predicted molar refractivity (Wildman–Crippen MR) is 97.6 cm³/mol. The number of hydrogen-bond acceptors (Lipinski definition) is 4. The molecule has 0 spiro atoms. The van der Waals surface area contributed by atoms with Crippen LogP contribution < -0.4 is 0 Å². The average molecular weight is 357 g/mol. The van der Waals surface area contributed by atoms with Gasteiger partial charge in [-0.2, -0.15) is 0 Å². The summed E-state index contributed by atoms with van der Waals surface area (Å²) in [6.45, 7) is 2.36. The van der Waals surface area contributed by atoms with Gasteiger partial charge in [0.1, 0.15) is 5.69 Å². The Morgan fingerprint density at radius 1 is 1.20 bits per heavy atom. The minimum absolute atomic E-state index is 0.271. The molecule has 2 N–H and O–H groups in total. The van der Waals surface area contributed by atoms with E-state index in [0.29, 0.717) is 23.3 Å². The van der Waals surface area contributed by atoms with E-state index >= 15 is 0 Å². The molecule has 3 aliphatic rings. The van der Waals surface area contributed by atoms with Crippen molar-refractivity contribution in [1.82, 2.24) is 19.9 Å². The van der Waals surface area contributed by atoms with Crippen LogP contribution in [0.25, 0.3) is 11.4 Å². The molecule has 0 saturated carbocycles. The van der Waals surface area contributed by atoms with Crippen molar-refractivity contribution < 1.29 is 5.11 Å². The number of fused-ring (bicyclic) bond motifs is 1. The van der Waals surface area contributed by atoms with Gasteiger partial charge in [0.25, 0.3) is 0 Å². The van der Waals surface area contributed by atoms with Gasteiger partial charge in [0.05, 0.1) is 18.1 Å². The van der Waals surface area contributed by atoms with Crippen LogP contribution in [-0.4, -0.2) is 44.2 Å². The summed E-state index contributed by atoms with van der Waals surface area (Å²) in [5.41, 5.74) is 4.06. The van der Waals surface area contributed by atoms with Gasteiger partial charge in [-0.15, -0.1) is 0 Å². The van der Waals surface area contributed by atoms with Gasteiger partial charge >= 0.3 is 0 Å². The van der Waals surface area contributed by atoms with E-state index < -0.39 is 0 Å². The van der Waals surface area contributed by atoms with Gasteiger partial charge in [-0.05, 0) is 24.3 Å². The fourth-order valence-electron chi connectivity index (χ4n) is 3.67. The van der Waals surface area contributed by atoms with Crippen LogP contribution in [0.4, 0.5) is 0 Å². The zero-order valence-corrected chi connectivity index (χ0v) is 14.7. The smallest absolute Gasteiger partial charge is 0.158 e. The topological polar surface area (TPSA) is 65.0 Å². The lowest BCUT2D eigenvalue weighted by molar-refractivity contribution is 0.137. The van der Waals surface area contributed by atoms with Crippen molar-refractivity contribution in [3.63, 3.8) is 0 Å². The van der Waals surface area contributed by atoms with E-state index in [1.54, 1.807) is 6.33 Å². The molecule has 5 nitrogen and oxygen atoms in total. The predicted octanol–water partition coefficient (Wildman–Crippen LogP) is 2.99. The number of aliphatic hydroxyl groups is 1. The molecule has 0 aliphatic carbocycles. The zero-order valence-electron chi connectivity index (χ0n) is 13.9. The number of rotatable bonds is 5. The lowest BCUT2D eigenvalue weighted by Gasteiger charge is -2.15. The molecule has 1 aromatic carbocycles. The summed E-state index contributed by atoms with van der Waals surface area (Å²) in [5.74, 6) is 0.309. The van der Waals surface area contributed by atoms with Crippen LogP contribution in [0.15, 0.2) is 42.9 Å². The SMILES string of the molecule is O[C@H]1CN(Cc2cnc3c(Cl)nc[nH]c2-3)C[C@H]1CCc1ccccc1. The zero-order chi connectivity index (χ0) is 17.2. The monoisotopic (exact) mass is 356 g/mol. The molecule has 0 aromatic heterocycles. The Balaban J connectivity index is 1.38. The number of nitrogens with zero attached hydrogens (tertiary/aromatic N) is 3. The summed E-state index contributed by atoms with van der Waals surface area (Å²) in [6.07, 6.45) is 5.18. The molecule has 0 radical (unpaired) electrons. The molecule has 2 atom stereocenters. The molecule has 0 amide bonds. The van der Waals surface area contributed by atoms with Crippen LogP contribution in [0.5, 0.6) is 0 Å². The number of aromatic amines is 1. The number of nitrogens with one attached hydrogen (secondary N) is 1. The Morgan fingerprint density at radius 3 is 2.88 bits per heavy atom. The van der Waals surface area contributed by atoms with E-state index in [2.05, 4.69) is 44.1 Å². The summed E-state index contributed by atoms with van der Waals surface area (Å²) in [6, 6.07) is 10.5. The van der Waals surface area contributed by atoms with Crippen LogP contribution >= 0.6 is 11.6 Å². The molecular formula is C19H21ClN4O. The van der Waals surface area contributed by atoms with Crippen LogP contribution in [0.2, 0.25) is 5.15 Å². The van der Waals surface area contributed by atoms with E-state index in [0.717, 1.165) is 37.2 Å². The molecular weight excluding hydrogens is 336 g/mol. The molecule has 3 aliphatic heterocycles. The first-order chi connectivity index (χ1) is 12.2. The van der Waals surface area contributed by atoms with E-state index in [9.17, 15) is 5.11 Å². The van der Waals surface area contributed by atoms with Crippen LogP contribution in [-0.2, 0) is 13.0 Å². The second-order valence-electron chi connectivity index (χ2n) is 6.75. The summed E-state index contributed by atoms with van der Waals surface area (Å²) >= 11 is 6.09. The molecule has 1 aromatic rings. The van der Waals surface area contributed by atoms with Crippen LogP contribution in [0.3, 0.4) is 0 Å². The highest BCUT2D eigenvalue weighted by Crippen LogP contribution is 2.30. The van der Waals surface area contributed by atoms with E-state index in [4.69, 9.17) is 11.6 Å². The van der Waals surface area contributed by atoms with Crippen molar-refractivity contribution in [2.24, 2.45) is 5.92 Å². The van der Waals surface area contributed by atoms with Crippen molar-refractivity contribution in [3.8, 4) is 11.4 Å². The first kappa shape index (κ1) is 16.5. The van der Waals surface area contributed by atoms with E-state index in [1.165, 1.54) is 5.56 Å². The summed E-state index contributed by atoms with van der Waals surface area (Å²) in [7, 11) is 0. The minimum atomic E-state index is -0.271. The van der Waals surface area contributed by atoms with Gasteiger partial charge in [-0.3, -0.25) is 9.88 Å². The lowest BCUT2D eigenvalue weighted by Crippen LogP contribution is -2.21. The molecule has 3 heterocycles. The standard InChI is InChI=1S/C19H21ClN4O/c20-19-18-17(22-12-23-19)15(8-21-18)10-24-9-14(16(25)11-24)7-6-13-4-2-1-3-5-13/h1-5,8,12,14,16,25H,6-7,9-11H2,(H,22,23)/t14-,16+/m1/s1. The Labute approximate surface area is 152 Å². The molecule has 0 unspecified atom stereocenters. The van der Waals surface area contributed by atoms with Gasteiger partial charge < -0.3 is 10.1 Å². The summed E-state index contributed by atoms with van der Waals surface area (Å²) in [5, 5.41) is 10.8. The van der Waals surface area contributed by atoms with E-state index in [-0.39, 0.29) is 6.10 Å². The van der Waals surface area contributed by atoms with Crippen LogP contribution in [0.1, 0.15) is 17.5 Å². The van der Waals surface area contributed by atoms with Crippen LogP contribution in [0, 0.1) is 5.92 Å². The second-order valence-corrected chi connectivity index (χ2v) is 7.10. The number of β-amino-alcohol motifs (C(OH)–C–C–N with tert-alkyl or cyclic N) is 1. The van der Waals surface area contributed by atoms with Gasteiger partial charge in [0.2, 0.25) is 0 Å². The average Bonchev–Trinajstić information content (AvgIpc) is 3.19. The number of benzene rings is 1. The molecule has 25 heavy (non-hydrogen) atoms. The Hall–Kier alpha value is -1.95. The quantitative estimate of drug-likeness (QED) is 0.690. The lowest BCUT2D eigenvalue weighted by atomic mass is 9.97. The Bertz CT molecular complexity index is 806. The van der Waals surface area contributed by atoms with Crippen molar-refractivity contribution in [3.05, 3.63) is 59.1 Å². The fraction of sp³-hybridized carbons (Fsp3) is 0.368. The highest BCUT2D eigenvalue weighted by molar-refractivity contribution is 6.31. The Kier molecular flexibility index (Phi) is 4.70. The maximum Gasteiger partial charge on any atom is 0.158 e. The number of likely N-dealkylation sites (tertiary alicyclic amines) is 1. The van der Waals surface area contributed by atoms with Gasteiger partial charge in [-0.25, -0.2) is 4.98 Å². The Morgan fingerprint density at radius 2 is 2.04 bits per heavy atom. The van der Waals surface area contributed by atoms with Gasteiger partial charge in [0.15, 0.2) is 5.15 Å². The normalized spacial score (nSPS) is 21.2. The first-order valence-corrected chi connectivity index (χ1v) is 8.99. The number of aliphatic hydroxyl groups excluding tert-OH is 1.